The highest BCUT2D eigenvalue weighted by Gasteiger charge is 2.30. The molecule has 1 aliphatic heterocycles. The predicted molar refractivity (Wildman–Crippen MR) is 60.7 cm³/mol. The minimum Gasteiger partial charge on any atom is -0.504 e. The maximum atomic E-state index is 11.5. The third-order valence-electron chi connectivity index (χ3n) is 2.17. The molecule has 1 aromatic rings. The summed E-state index contributed by atoms with van der Waals surface area (Å²) in [4.78, 5) is 16.9. The summed E-state index contributed by atoms with van der Waals surface area (Å²) < 4.78 is 0. The van der Waals surface area contributed by atoms with Crippen molar-refractivity contribution in [1.82, 2.24) is 4.98 Å². The highest BCUT2D eigenvalue weighted by molar-refractivity contribution is 7.81. The zero-order valence-corrected chi connectivity index (χ0v) is 9.37. The van der Waals surface area contributed by atoms with Gasteiger partial charge < -0.3 is 5.11 Å². The van der Waals surface area contributed by atoms with Crippen LogP contribution in [0.25, 0.3) is 0 Å². The normalized spacial score (nSPS) is 21.1. The van der Waals surface area contributed by atoms with Crippen molar-refractivity contribution in [2.75, 3.05) is 11.4 Å². The zero-order valence-electron chi connectivity index (χ0n) is 7.72. The first-order valence-corrected chi connectivity index (χ1v) is 5.30. The van der Waals surface area contributed by atoms with E-state index in [2.05, 4.69) is 17.6 Å². The van der Waals surface area contributed by atoms with Gasteiger partial charge in [-0.1, -0.05) is 11.6 Å². The highest BCUT2D eigenvalue weighted by Crippen LogP contribution is 2.31. The molecule has 0 spiro atoms. The van der Waals surface area contributed by atoms with Gasteiger partial charge in [0.05, 0.1) is 5.02 Å². The van der Waals surface area contributed by atoms with Crippen LogP contribution in [0, 0.1) is 0 Å². The average Bonchev–Trinajstić information content (AvgIpc) is 2.45. The molecule has 0 radical (unpaired) electrons. The van der Waals surface area contributed by atoms with Crippen molar-refractivity contribution in [2.24, 2.45) is 0 Å². The lowest BCUT2D eigenvalue weighted by Crippen LogP contribution is -2.25. The van der Waals surface area contributed by atoms with E-state index in [0.717, 1.165) is 0 Å². The molecule has 0 aromatic carbocycles. The number of pyridine rings is 1. The van der Waals surface area contributed by atoms with Crippen LogP contribution in [0.5, 0.6) is 5.75 Å². The molecule has 0 saturated carbocycles. The van der Waals surface area contributed by atoms with E-state index >= 15 is 0 Å². The summed E-state index contributed by atoms with van der Waals surface area (Å²) in [6.07, 6.45) is 1.77. The van der Waals surface area contributed by atoms with E-state index in [0.29, 0.717) is 18.0 Å². The van der Waals surface area contributed by atoms with Crippen LogP contribution in [0.1, 0.15) is 6.42 Å². The van der Waals surface area contributed by atoms with Gasteiger partial charge in [-0.15, -0.1) is 0 Å². The molecule has 1 aromatic heterocycles. The number of aromatic hydroxyl groups is 1. The minimum absolute atomic E-state index is 0.00521. The van der Waals surface area contributed by atoms with E-state index in [1.165, 1.54) is 17.2 Å². The van der Waals surface area contributed by atoms with Crippen LogP contribution in [-0.2, 0) is 4.79 Å². The van der Waals surface area contributed by atoms with E-state index in [-0.39, 0.29) is 22.7 Å². The molecule has 15 heavy (non-hydrogen) atoms. The number of halogens is 1. The Morgan fingerprint density at radius 3 is 2.93 bits per heavy atom. The van der Waals surface area contributed by atoms with Gasteiger partial charge in [-0.2, -0.15) is 12.6 Å². The second-order valence-corrected chi connectivity index (χ2v) is 4.53. The van der Waals surface area contributed by atoms with E-state index in [4.69, 9.17) is 11.6 Å². The highest BCUT2D eigenvalue weighted by atomic mass is 35.5. The first-order chi connectivity index (χ1) is 7.08. The lowest BCUT2D eigenvalue weighted by molar-refractivity contribution is -0.117. The lowest BCUT2D eigenvalue weighted by Gasteiger charge is -2.15. The smallest absolute Gasteiger partial charge is 0.229 e. The van der Waals surface area contributed by atoms with E-state index in [9.17, 15) is 9.90 Å². The fraction of sp³-hybridized carbons (Fsp3) is 0.333. The second kappa shape index (κ2) is 3.90. The third-order valence-corrected chi connectivity index (χ3v) is 2.73. The van der Waals surface area contributed by atoms with Gasteiger partial charge in [0.25, 0.3) is 0 Å². The molecule has 1 fully saturated rings. The Labute approximate surface area is 97.3 Å². The largest absolute Gasteiger partial charge is 0.504 e. The molecule has 1 aliphatic rings. The number of carbonyl (C=O) groups is 1. The predicted octanol–water partition coefficient (Wildman–Crippen LogP) is 1.48. The third kappa shape index (κ3) is 2.03. The molecular formula is C9H9ClN2O2S. The Bertz CT molecular complexity index is 413. The Hall–Kier alpha value is -0.940. The topological polar surface area (TPSA) is 53.4 Å². The standard InChI is InChI=1S/C9H9ClN2O2S/c10-5-1-7(13)9(11-3-5)12-4-6(15)2-8(12)14/h1,3,6,13,15H,2,4H2. The number of rotatable bonds is 1. The molecule has 4 nitrogen and oxygen atoms in total. The average molecular weight is 245 g/mol. The summed E-state index contributed by atoms with van der Waals surface area (Å²) >= 11 is 9.87. The van der Waals surface area contributed by atoms with Gasteiger partial charge in [-0.05, 0) is 0 Å². The first kappa shape index (κ1) is 10.6. The summed E-state index contributed by atoms with van der Waals surface area (Å²) in [6.45, 7) is 0.462. The fourth-order valence-corrected chi connectivity index (χ4v) is 1.99. The summed E-state index contributed by atoms with van der Waals surface area (Å²) in [5.41, 5.74) is 0. The molecule has 0 aliphatic carbocycles. The van der Waals surface area contributed by atoms with Crippen LogP contribution in [0.2, 0.25) is 5.02 Å². The number of anilines is 1. The van der Waals surface area contributed by atoms with E-state index in [1.54, 1.807) is 0 Å². The minimum atomic E-state index is -0.0849. The van der Waals surface area contributed by atoms with Crippen LogP contribution in [0.15, 0.2) is 12.3 Å². The number of hydrogen-bond donors (Lipinski definition) is 2. The van der Waals surface area contributed by atoms with Crippen molar-refractivity contribution in [1.29, 1.82) is 0 Å². The zero-order chi connectivity index (χ0) is 11.0. The van der Waals surface area contributed by atoms with Gasteiger partial charge >= 0.3 is 0 Å². The Morgan fingerprint density at radius 1 is 1.67 bits per heavy atom. The van der Waals surface area contributed by atoms with E-state index in [1.807, 2.05) is 0 Å². The van der Waals surface area contributed by atoms with Crippen molar-refractivity contribution in [2.45, 2.75) is 11.7 Å². The van der Waals surface area contributed by atoms with Crippen LogP contribution in [0.4, 0.5) is 5.82 Å². The first-order valence-electron chi connectivity index (χ1n) is 4.41. The maximum Gasteiger partial charge on any atom is 0.229 e. The van der Waals surface area contributed by atoms with Crippen molar-refractivity contribution >= 4 is 36.0 Å². The van der Waals surface area contributed by atoms with Crippen molar-refractivity contribution in [3.63, 3.8) is 0 Å². The van der Waals surface area contributed by atoms with Crippen LogP contribution in [-0.4, -0.2) is 27.8 Å². The Balaban J connectivity index is 2.34. The van der Waals surface area contributed by atoms with Crippen LogP contribution < -0.4 is 4.90 Å². The number of nitrogens with zero attached hydrogens (tertiary/aromatic N) is 2. The summed E-state index contributed by atoms with van der Waals surface area (Å²) in [6, 6.07) is 1.36. The SMILES string of the molecule is O=C1CC(S)CN1c1ncc(Cl)cc1O. The molecule has 1 N–H and O–H groups in total. The Morgan fingerprint density at radius 2 is 2.40 bits per heavy atom. The molecule has 0 bridgehead atoms. The Kier molecular flexibility index (Phi) is 2.75. The summed E-state index contributed by atoms with van der Waals surface area (Å²) in [5.74, 6) is 0.0827. The van der Waals surface area contributed by atoms with E-state index < -0.39 is 0 Å². The molecular weight excluding hydrogens is 236 g/mol. The van der Waals surface area contributed by atoms with Gasteiger partial charge in [-0.3, -0.25) is 9.69 Å². The molecule has 6 heteroatoms. The lowest BCUT2D eigenvalue weighted by atomic mass is 10.4. The maximum absolute atomic E-state index is 11.5. The van der Waals surface area contributed by atoms with Gasteiger partial charge in [0.15, 0.2) is 11.6 Å². The van der Waals surface area contributed by atoms with Crippen LogP contribution >= 0.6 is 24.2 Å². The molecule has 1 unspecified atom stereocenters. The summed E-state index contributed by atoms with van der Waals surface area (Å²) in [5, 5.41) is 9.92. The van der Waals surface area contributed by atoms with Gasteiger partial charge in [0.2, 0.25) is 5.91 Å². The molecule has 80 valence electrons. The van der Waals surface area contributed by atoms with Crippen molar-refractivity contribution in [3.05, 3.63) is 17.3 Å². The number of aromatic nitrogens is 1. The number of carbonyl (C=O) groups excluding carboxylic acids is 1. The molecule has 1 saturated heterocycles. The van der Waals surface area contributed by atoms with Crippen molar-refractivity contribution < 1.29 is 9.90 Å². The van der Waals surface area contributed by atoms with Crippen LogP contribution in [0.3, 0.4) is 0 Å². The van der Waals surface area contributed by atoms with Gasteiger partial charge in [-0.25, -0.2) is 4.98 Å². The van der Waals surface area contributed by atoms with Gasteiger partial charge in [0, 0.05) is 30.5 Å². The van der Waals surface area contributed by atoms with Crippen molar-refractivity contribution in [3.8, 4) is 5.75 Å². The molecule has 2 rings (SSSR count). The number of thiol groups is 1. The molecule has 1 amide bonds. The monoisotopic (exact) mass is 244 g/mol. The summed E-state index contributed by atoms with van der Waals surface area (Å²) in [7, 11) is 0. The second-order valence-electron chi connectivity index (χ2n) is 3.36. The quantitative estimate of drug-likeness (QED) is 0.736. The molecule has 1 atom stereocenters. The number of amides is 1. The fourth-order valence-electron chi connectivity index (χ4n) is 1.52. The van der Waals surface area contributed by atoms with Gasteiger partial charge in [0.1, 0.15) is 0 Å². The molecule has 2 heterocycles. The number of hydrogen-bond acceptors (Lipinski definition) is 4.